The van der Waals surface area contributed by atoms with Crippen LogP contribution in [0.2, 0.25) is 5.02 Å². The second-order valence-corrected chi connectivity index (χ2v) is 10.7. The third-order valence-corrected chi connectivity index (χ3v) is 6.81. The van der Waals surface area contributed by atoms with Crippen molar-refractivity contribution in [2.75, 3.05) is 18.1 Å². The topological polar surface area (TPSA) is 102 Å². The molecule has 2 amide bonds. The Morgan fingerprint density at radius 1 is 1.18 bits per heavy atom. The Morgan fingerprint density at radius 2 is 1.95 bits per heavy atom. The number of nitrogens with zero attached hydrogens (tertiary/aromatic N) is 5. The normalized spacial score (nSPS) is 16.0. The number of aromatic nitrogens is 4. The molecule has 1 aromatic heterocycles. The van der Waals surface area contributed by atoms with E-state index >= 15 is 0 Å². The summed E-state index contributed by atoms with van der Waals surface area (Å²) in [6, 6.07) is 12.3. The van der Waals surface area contributed by atoms with Crippen LogP contribution in [0.15, 0.2) is 42.5 Å². The SMILES string of the molecule is Cc1ccc(C)c(N(C(=O)Cn2nnc(-c3ccc(Cl)cc3)n2)C(CC(C)C)C(=O)NCC2CCCO2)c1. The highest BCUT2D eigenvalue weighted by molar-refractivity contribution is 6.30. The molecule has 0 saturated carbocycles. The maximum atomic E-state index is 13.9. The first-order chi connectivity index (χ1) is 18.2. The molecule has 1 fully saturated rings. The van der Waals surface area contributed by atoms with E-state index < -0.39 is 6.04 Å². The van der Waals surface area contributed by atoms with Crippen molar-refractivity contribution in [3.05, 3.63) is 58.6 Å². The third-order valence-electron chi connectivity index (χ3n) is 6.56. The van der Waals surface area contributed by atoms with Gasteiger partial charge in [0.15, 0.2) is 0 Å². The summed E-state index contributed by atoms with van der Waals surface area (Å²) in [4.78, 5) is 30.4. The molecule has 2 atom stereocenters. The molecular weight excluding hydrogens is 504 g/mol. The van der Waals surface area contributed by atoms with Crippen molar-refractivity contribution < 1.29 is 14.3 Å². The van der Waals surface area contributed by atoms with E-state index in [4.69, 9.17) is 16.3 Å². The number of benzene rings is 2. The van der Waals surface area contributed by atoms with Crippen LogP contribution in [-0.4, -0.2) is 57.3 Å². The van der Waals surface area contributed by atoms with Gasteiger partial charge >= 0.3 is 0 Å². The molecule has 2 unspecified atom stereocenters. The molecule has 2 aromatic carbocycles. The zero-order valence-corrected chi connectivity index (χ0v) is 23.1. The Hall–Kier alpha value is -3.30. The monoisotopic (exact) mass is 538 g/mol. The second-order valence-electron chi connectivity index (χ2n) is 10.2. The van der Waals surface area contributed by atoms with Gasteiger partial charge in [-0.15, -0.1) is 10.2 Å². The highest BCUT2D eigenvalue weighted by Gasteiger charge is 2.33. The number of aryl methyl sites for hydroxylation is 2. The van der Waals surface area contributed by atoms with Gasteiger partial charge in [0.25, 0.3) is 5.91 Å². The molecule has 9 nitrogen and oxygen atoms in total. The van der Waals surface area contributed by atoms with Crippen LogP contribution in [0.25, 0.3) is 11.4 Å². The summed E-state index contributed by atoms with van der Waals surface area (Å²) in [6.07, 6.45) is 2.42. The molecule has 1 aliphatic rings. The molecule has 1 aliphatic heterocycles. The van der Waals surface area contributed by atoms with Crippen molar-refractivity contribution in [2.45, 2.75) is 65.6 Å². The maximum Gasteiger partial charge on any atom is 0.251 e. The first-order valence-electron chi connectivity index (χ1n) is 13.0. The molecule has 10 heteroatoms. The first-order valence-corrected chi connectivity index (χ1v) is 13.4. The predicted octanol–water partition coefficient (Wildman–Crippen LogP) is 4.35. The molecule has 0 bridgehead atoms. The summed E-state index contributed by atoms with van der Waals surface area (Å²) in [5, 5.41) is 16.3. The Balaban J connectivity index is 1.62. The number of nitrogens with one attached hydrogen (secondary N) is 1. The standard InChI is InChI=1S/C28H35ClN6O3/c1-18(2)14-25(28(37)30-16-23-6-5-13-38-23)35(24-15-19(3)7-8-20(24)4)26(36)17-34-32-27(31-33-34)21-9-11-22(29)12-10-21/h7-12,15,18,23,25H,5-6,13-14,16-17H2,1-4H3,(H,30,37). The predicted molar refractivity (Wildman–Crippen MR) is 147 cm³/mol. The lowest BCUT2D eigenvalue weighted by atomic mass is 9.99. The van der Waals surface area contributed by atoms with Crippen LogP contribution in [0.1, 0.15) is 44.2 Å². The molecule has 1 saturated heterocycles. The van der Waals surface area contributed by atoms with Gasteiger partial charge in [-0.05, 0) is 85.7 Å². The molecule has 0 radical (unpaired) electrons. The number of halogens is 1. The van der Waals surface area contributed by atoms with Crippen LogP contribution in [0, 0.1) is 19.8 Å². The molecule has 0 spiro atoms. The van der Waals surface area contributed by atoms with E-state index in [9.17, 15) is 9.59 Å². The number of hydrogen-bond acceptors (Lipinski definition) is 6. The molecule has 4 rings (SSSR count). The Bertz CT molecular complexity index is 1250. The minimum atomic E-state index is -0.705. The molecule has 3 aromatic rings. The van der Waals surface area contributed by atoms with E-state index in [1.807, 2.05) is 45.9 Å². The number of ether oxygens (including phenoxy) is 1. The van der Waals surface area contributed by atoms with Gasteiger partial charge in [-0.3, -0.25) is 14.5 Å². The quantitative estimate of drug-likeness (QED) is 0.411. The molecule has 0 aliphatic carbocycles. The van der Waals surface area contributed by atoms with Crippen molar-refractivity contribution in [3.63, 3.8) is 0 Å². The zero-order valence-electron chi connectivity index (χ0n) is 22.4. The van der Waals surface area contributed by atoms with E-state index in [1.165, 1.54) is 4.80 Å². The van der Waals surface area contributed by atoms with Crippen LogP contribution in [0.4, 0.5) is 5.69 Å². The summed E-state index contributed by atoms with van der Waals surface area (Å²) >= 11 is 5.99. The summed E-state index contributed by atoms with van der Waals surface area (Å²) in [5.41, 5.74) is 3.34. The van der Waals surface area contributed by atoms with Crippen LogP contribution in [-0.2, 0) is 20.9 Å². The van der Waals surface area contributed by atoms with Crippen molar-refractivity contribution in [3.8, 4) is 11.4 Å². The highest BCUT2D eigenvalue weighted by Crippen LogP contribution is 2.27. The number of carbonyl (C=O) groups excluding carboxylic acids is 2. The van der Waals surface area contributed by atoms with Crippen LogP contribution in [0.3, 0.4) is 0 Å². The van der Waals surface area contributed by atoms with Gasteiger partial charge in [0.1, 0.15) is 12.6 Å². The Kier molecular flexibility index (Phi) is 9.12. The fourth-order valence-electron chi connectivity index (χ4n) is 4.59. The van der Waals surface area contributed by atoms with Gasteiger partial charge in [0, 0.05) is 29.4 Å². The average molecular weight is 539 g/mol. The van der Waals surface area contributed by atoms with Gasteiger partial charge in [-0.1, -0.05) is 37.6 Å². The molecule has 2 heterocycles. The zero-order chi connectivity index (χ0) is 27.2. The number of rotatable bonds is 10. The van der Waals surface area contributed by atoms with Gasteiger partial charge in [0.05, 0.1) is 6.10 Å². The lowest BCUT2D eigenvalue weighted by Gasteiger charge is -2.33. The molecule has 38 heavy (non-hydrogen) atoms. The largest absolute Gasteiger partial charge is 0.376 e. The van der Waals surface area contributed by atoms with Gasteiger partial charge in [0.2, 0.25) is 11.7 Å². The summed E-state index contributed by atoms with van der Waals surface area (Å²) < 4.78 is 5.69. The Morgan fingerprint density at radius 3 is 2.63 bits per heavy atom. The van der Waals surface area contributed by atoms with Crippen molar-refractivity contribution >= 4 is 29.1 Å². The fraction of sp³-hybridized carbons (Fsp3) is 0.464. The van der Waals surface area contributed by atoms with Gasteiger partial charge < -0.3 is 10.1 Å². The first kappa shape index (κ1) is 27.7. The molecule has 202 valence electrons. The number of carbonyl (C=O) groups is 2. The average Bonchev–Trinajstić information content (AvgIpc) is 3.57. The molecular formula is C28H35ClN6O3. The van der Waals surface area contributed by atoms with Gasteiger partial charge in [-0.25, -0.2) is 0 Å². The van der Waals surface area contributed by atoms with E-state index in [0.29, 0.717) is 36.1 Å². The summed E-state index contributed by atoms with van der Waals surface area (Å²) in [7, 11) is 0. The van der Waals surface area contributed by atoms with E-state index in [1.54, 1.807) is 29.2 Å². The smallest absolute Gasteiger partial charge is 0.251 e. The summed E-state index contributed by atoms with van der Waals surface area (Å²) in [5.74, 6) is 0.0734. The third kappa shape index (κ3) is 6.96. The number of tetrazole rings is 1. The van der Waals surface area contributed by atoms with E-state index in [-0.39, 0.29) is 30.4 Å². The number of hydrogen-bond donors (Lipinski definition) is 1. The lowest BCUT2D eigenvalue weighted by molar-refractivity contribution is -0.127. The minimum Gasteiger partial charge on any atom is -0.376 e. The highest BCUT2D eigenvalue weighted by atomic mass is 35.5. The van der Waals surface area contributed by atoms with E-state index in [0.717, 1.165) is 29.5 Å². The number of anilines is 1. The van der Waals surface area contributed by atoms with Crippen molar-refractivity contribution in [1.82, 2.24) is 25.5 Å². The summed E-state index contributed by atoms with van der Waals surface area (Å²) in [6.45, 7) is 8.98. The van der Waals surface area contributed by atoms with Crippen molar-refractivity contribution in [1.29, 1.82) is 0 Å². The Labute approximate surface area is 228 Å². The number of amides is 2. The second kappa shape index (κ2) is 12.5. The fourth-order valence-corrected chi connectivity index (χ4v) is 4.72. The lowest BCUT2D eigenvalue weighted by Crippen LogP contribution is -2.52. The van der Waals surface area contributed by atoms with Crippen LogP contribution < -0.4 is 10.2 Å². The molecule has 1 N–H and O–H groups in total. The maximum absolute atomic E-state index is 13.9. The van der Waals surface area contributed by atoms with E-state index in [2.05, 4.69) is 20.7 Å². The van der Waals surface area contributed by atoms with Crippen LogP contribution in [0.5, 0.6) is 0 Å². The van der Waals surface area contributed by atoms with Crippen molar-refractivity contribution in [2.24, 2.45) is 5.92 Å². The minimum absolute atomic E-state index is 0.00847. The van der Waals surface area contributed by atoms with Crippen LogP contribution >= 0.6 is 11.6 Å². The van der Waals surface area contributed by atoms with Gasteiger partial charge in [-0.2, -0.15) is 4.80 Å².